The van der Waals surface area contributed by atoms with Crippen molar-refractivity contribution in [2.24, 2.45) is 0 Å². The van der Waals surface area contributed by atoms with E-state index >= 15 is 0 Å². The fraction of sp³-hybridized carbons (Fsp3) is 0. The summed E-state index contributed by atoms with van der Waals surface area (Å²) in [7, 11) is -3.71. The van der Waals surface area contributed by atoms with Crippen molar-refractivity contribution in [2.45, 2.75) is 9.79 Å². The van der Waals surface area contributed by atoms with E-state index in [1.807, 2.05) is 42.5 Å². The summed E-state index contributed by atoms with van der Waals surface area (Å²) in [5, 5.41) is 5.48. The first kappa shape index (κ1) is 24.3. The highest BCUT2D eigenvalue weighted by molar-refractivity contribution is 7.92. The van der Waals surface area contributed by atoms with Gasteiger partial charge in [-0.2, -0.15) is 0 Å². The monoisotopic (exact) mass is 602 g/mol. The SMILES string of the molecule is O=S1(=O)c2cc(-n3c4ccccc4c4ccccc43)ccc2-c2sc3cc(-n4c5ccccc5c5ccccc54)ccc3c21. The number of hydrogen-bond donors (Lipinski definition) is 0. The van der Waals surface area contributed by atoms with Gasteiger partial charge in [-0.1, -0.05) is 84.9 Å². The molecular weight excluding hydrogens is 581 g/mol. The van der Waals surface area contributed by atoms with Crippen LogP contribution in [0.2, 0.25) is 0 Å². The zero-order valence-corrected chi connectivity index (χ0v) is 24.9. The van der Waals surface area contributed by atoms with E-state index in [2.05, 4.69) is 100 Å². The van der Waals surface area contributed by atoms with Gasteiger partial charge in [-0.05, 0) is 48.5 Å². The highest BCUT2D eigenvalue weighted by Crippen LogP contribution is 2.52. The van der Waals surface area contributed by atoms with Crippen LogP contribution in [0.25, 0.3) is 75.5 Å². The number of hydrogen-bond acceptors (Lipinski definition) is 3. The van der Waals surface area contributed by atoms with Crippen LogP contribution in [0.3, 0.4) is 0 Å². The molecule has 0 fully saturated rings. The topological polar surface area (TPSA) is 44.0 Å². The van der Waals surface area contributed by atoms with Crippen molar-refractivity contribution >= 4 is 74.9 Å². The third-order valence-corrected chi connectivity index (χ3v) is 12.3. The molecule has 0 radical (unpaired) electrons. The molecule has 0 bridgehead atoms. The Labute approximate surface area is 256 Å². The Hall–Kier alpha value is -5.17. The molecule has 4 heterocycles. The molecular formula is C38H22N2O2S2. The summed E-state index contributed by atoms with van der Waals surface area (Å²) in [6, 6.07) is 45.5. The van der Waals surface area contributed by atoms with Crippen LogP contribution in [0.5, 0.6) is 0 Å². The predicted molar refractivity (Wildman–Crippen MR) is 181 cm³/mol. The molecule has 208 valence electrons. The summed E-state index contributed by atoms with van der Waals surface area (Å²) < 4.78 is 33.9. The molecule has 0 saturated carbocycles. The molecule has 0 spiro atoms. The lowest BCUT2D eigenvalue weighted by Gasteiger charge is -2.10. The molecule has 10 rings (SSSR count). The van der Waals surface area contributed by atoms with Gasteiger partial charge in [0.1, 0.15) is 0 Å². The Kier molecular flexibility index (Phi) is 4.68. The minimum absolute atomic E-state index is 0.381. The predicted octanol–water partition coefficient (Wildman–Crippen LogP) is 9.91. The Bertz CT molecular complexity index is 2690. The first-order chi connectivity index (χ1) is 21.6. The average molecular weight is 603 g/mol. The second-order valence-corrected chi connectivity index (χ2v) is 14.3. The van der Waals surface area contributed by atoms with Gasteiger partial charge in [-0.25, -0.2) is 8.42 Å². The summed E-state index contributed by atoms with van der Waals surface area (Å²) in [5.74, 6) is 0. The standard InChI is InChI=1S/C38H22N2O2S2/c41-44(42)36-22-24(40-33-15-7-3-11-27(33)28-12-4-8-16-34(28)40)18-20-30(36)37-38(44)29-19-17-23(21-35(29)43-37)39-31-13-5-1-9-25(31)26-10-2-6-14-32(26)39/h1-22H. The van der Waals surface area contributed by atoms with Crippen LogP contribution in [0.4, 0.5) is 0 Å². The fourth-order valence-electron chi connectivity index (χ4n) is 7.22. The van der Waals surface area contributed by atoms with E-state index in [1.165, 1.54) is 10.8 Å². The number of fused-ring (bicyclic) bond motifs is 11. The maximum absolute atomic E-state index is 14.3. The van der Waals surface area contributed by atoms with E-state index in [9.17, 15) is 8.42 Å². The van der Waals surface area contributed by atoms with Gasteiger partial charge in [0.05, 0.1) is 36.7 Å². The quantitative estimate of drug-likeness (QED) is 0.198. The lowest BCUT2D eigenvalue weighted by molar-refractivity contribution is 0.599. The largest absolute Gasteiger partial charge is 0.309 e. The molecule has 4 nitrogen and oxygen atoms in total. The number of thiophene rings is 1. The summed E-state index contributed by atoms with van der Waals surface area (Å²) in [6.07, 6.45) is 0. The van der Waals surface area contributed by atoms with Crippen molar-refractivity contribution in [1.29, 1.82) is 0 Å². The smallest absolute Gasteiger partial charge is 0.209 e. The van der Waals surface area contributed by atoms with Crippen molar-refractivity contribution in [3.8, 4) is 21.8 Å². The molecule has 0 N–H and O–H groups in total. The maximum Gasteiger partial charge on any atom is 0.209 e. The molecule has 0 aliphatic carbocycles. The zero-order chi connectivity index (χ0) is 29.2. The number of nitrogens with zero attached hydrogens (tertiary/aromatic N) is 2. The van der Waals surface area contributed by atoms with Crippen LogP contribution in [0, 0.1) is 0 Å². The number of benzene rings is 6. The Morgan fingerprint density at radius 3 is 1.45 bits per heavy atom. The van der Waals surface area contributed by atoms with Gasteiger partial charge >= 0.3 is 0 Å². The highest BCUT2D eigenvalue weighted by atomic mass is 32.2. The van der Waals surface area contributed by atoms with Crippen molar-refractivity contribution in [3.63, 3.8) is 0 Å². The van der Waals surface area contributed by atoms with Crippen molar-refractivity contribution < 1.29 is 8.42 Å². The Morgan fingerprint density at radius 2 is 0.932 bits per heavy atom. The molecule has 0 saturated heterocycles. The number of rotatable bonds is 2. The van der Waals surface area contributed by atoms with Crippen LogP contribution in [0.1, 0.15) is 0 Å². The van der Waals surface area contributed by atoms with Gasteiger partial charge in [0.15, 0.2) is 0 Å². The van der Waals surface area contributed by atoms with Crippen LogP contribution in [-0.2, 0) is 9.84 Å². The number of aromatic nitrogens is 2. The molecule has 9 aromatic rings. The molecule has 0 unspecified atom stereocenters. The zero-order valence-electron chi connectivity index (χ0n) is 23.2. The number of para-hydroxylation sites is 4. The first-order valence-corrected chi connectivity index (χ1v) is 16.8. The highest BCUT2D eigenvalue weighted by Gasteiger charge is 2.37. The average Bonchev–Trinajstić information content (AvgIpc) is 3.77. The second-order valence-electron chi connectivity index (χ2n) is 11.4. The van der Waals surface area contributed by atoms with Crippen molar-refractivity contribution in [1.82, 2.24) is 9.13 Å². The van der Waals surface area contributed by atoms with Crippen molar-refractivity contribution in [3.05, 3.63) is 133 Å². The molecule has 1 aliphatic heterocycles. The Morgan fingerprint density at radius 1 is 0.477 bits per heavy atom. The van der Waals surface area contributed by atoms with E-state index in [4.69, 9.17) is 0 Å². The van der Waals surface area contributed by atoms with Crippen LogP contribution in [-0.4, -0.2) is 17.6 Å². The summed E-state index contributed by atoms with van der Waals surface area (Å²) in [5.41, 5.74) is 7.03. The Balaban J connectivity index is 1.17. The van der Waals surface area contributed by atoms with E-state index in [0.717, 1.165) is 64.7 Å². The lowest BCUT2D eigenvalue weighted by atomic mass is 10.1. The maximum atomic E-state index is 14.3. The molecule has 44 heavy (non-hydrogen) atoms. The fourth-order valence-corrected chi connectivity index (χ4v) is 10.7. The minimum atomic E-state index is -3.71. The third kappa shape index (κ3) is 3.03. The third-order valence-electron chi connectivity index (χ3n) is 9.07. The molecule has 6 aromatic carbocycles. The molecule has 3 aromatic heterocycles. The van der Waals surface area contributed by atoms with E-state index in [0.29, 0.717) is 9.79 Å². The van der Waals surface area contributed by atoms with Crippen LogP contribution < -0.4 is 0 Å². The lowest BCUT2D eigenvalue weighted by Crippen LogP contribution is -2.00. The summed E-state index contributed by atoms with van der Waals surface area (Å²) in [6.45, 7) is 0. The van der Waals surface area contributed by atoms with Gasteiger partial charge in [0.25, 0.3) is 0 Å². The van der Waals surface area contributed by atoms with Crippen LogP contribution >= 0.6 is 11.3 Å². The van der Waals surface area contributed by atoms with Gasteiger partial charge in [0.2, 0.25) is 9.84 Å². The normalized spacial score (nSPS) is 13.8. The minimum Gasteiger partial charge on any atom is -0.309 e. The van der Waals surface area contributed by atoms with E-state index in [-0.39, 0.29) is 0 Å². The molecule has 0 amide bonds. The van der Waals surface area contributed by atoms with Gasteiger partial charge < -0.3 is 9.13 Å². The van der Waals surface area contributed by atoms with Gasteiger partial charge in [0, 0.05) is 48.6 Å². The van der Waals surface area contributed by atoms with Crippen LogP contribution in [0.15, 0.2) is 143 Å². The van der Waals surface area contributed by atoms with E-state index < -0.39 is 9.84 Å². The number of sulfone groups is 1. The molecule has 6 heteroatoms. The molecule has 0 atom stereocenters. The van der Waals surface area contributed by atoms with Gasteiger partial charge in [-0.3, -0.25) is 0 Å². The van der Waals surface area contributed by atoms with Gasteiger partial charge in [-0.15, -0.1) is 11.3 Å². The summed E-state index contributed by atoms with van der Waals surface area (Å²) in [4.78, 5) is 1.63. The first-order valence-electron chi connectivity index (χ1n) is 14.5. The summed E-state index contributed by atoms with van der Waals surface area (Å²) >= 11 is 1.56. The molecule has 1 aliphatic rings. The second kappa shape index (κ2) is 8.47. The van der Waals surface area contributed by atoms with Crippen molar-refractivity contribution in [2.75, 3.05) is 0 Å². The van der Waals surface area contributed by atoms with E-state index in [1.54, 1.807) is 11.3 Å².